The molecule has 1 heterocycles. The van der Waals surface area contributed by atoms with Crippen molar-refractivity contribution in [2.75, 3.05) is 12.4 Å². The average Bonchev–Trinajstić information content (AvgIpc) is 2.82. The molecule has 0 aliphatic heterocycles. The van der Waals surface area contributed by atoms with E-state index in [-0.39, 0.29) is 5.78 Å². The number of carbonyl (C=O) groups is 1. The summed E-state index contributed by atoms with van der Waals surface area (Å²) in [7, 11) is 1.85. The van der Waals surface area contributed by atoms with E-state index in [2.05, 4.69) is 5.32 Å². The van der Waals surface area contributed by atoms with Crippen LogP contribution in [0, 0.1) is 0 Å². The van der Waals surface area contributed by atoms with Gasteiger partial charge in [0.25, 0.3) is 0 Å². The van der Waals surface area contributed by atoms with Gasteiger partial charge in [0.1, 0.15) is 0 Å². The van der Waals surface area contributed by atoms with Gasteiger partial charge in [-0.25, -0.2) is 0 Å². The minimum atomic E-state index is 0.219. The number of hydrogen-bond acceptors (Lipinski definition) is 3. The van der Waals surface area contributed by atoms with Crippen molar-refractivity contribution in [1.29, 1.82) is 0 Å². The van der Waals surface area contributed by atoms with Crippen molar-refractivity contribution in [2.45, 2.75) is 41.0 Å². The molecule has 0 amide bonds. The minimum Gasteiger partial charge on any atom is -0.387 e. The Morgan fingerprint density at radius 1 is 1.33 bits per heavy atom. The van der Waals surface area contributed by atoms with Gasteiger partial charge in [0, 0.05) is 24.5 Å². The summed E-state index contributed by atoms with van der Waals surface area (Å²) in [6, 6.07) is 1.89. The largest absolute Gasteiger partial charge is 0.387 e. The maximum absolute atomic E-state index is 11.1. The fourth-order valence-electron chi connectivity index (χ4n) is 0.788. The number of nitrogens with one attached hydrogen (secondary N) is 1. The zero-order chi connectivity index (χ0) is 12.3. The van der Waals surface area contributed by atoms with Crippen LogP contribution < -0.4 is 5.32 Å². The van der Waals surface area contributed by atoms with Crippen LogP contribution in [-0.2, 0) is 0 Å². The maximum Gasteiger partial charge on any atom is 0.172 e. The summed E-state index contributed by atoms with van der Waals surface area (Å²) < 4.78 is 0. The lowest BCUT2D eigenvalue weighted by molar-refractivity contribution is 0.0992. The molecule has 0 fully saturated rings. The molecule has 0 aliphatic rings. The maximum atomic E-state index is 11.1. The molecule has 1 rings (SSSR count). The zero-order valence-corrected chi connectivity index (χ0v) is 11.5. The van der Waals surface area contributed by atoms with Gasteiger partial charge in [-0.15, -0.1) is 11.3 Å². The van der Waals surface area contributed by atoms with Gasteiger partial charge < -0.3 is 5.32 Å². The summed E-state index contributed by atoms with van der Waals surface area (Å²) in [5.74, 6) is 0.219. The minimum absolute atomic E-state index is 0.219. The topological polar surface area (TPSA) is 29.1 Å². The first kappa shape index (κ1) is 16.6. The third kappa shape index (κ3) is 6.28. The van der Waals surface area contributed by atoms with Crippen LogP contribution in [0.1, 0.15) is 50.7 Å². The molecule has 0 unspecified atom stereocenters. The molecule has 0 aliphatic carbocycles. The van der Waals surface area contributed by atoms with Gasteiger partial charge in [-0.3, -0.25) is 4.79 Å². The molecule has 88 valence electrons. The van der Waals surface area contributed by atoms with Crippen molar-refractivity contribution in [1.82, 2.24) is 0 Å². The molecule has 0 atom stereocenters. The van der Waals surface area contributed by atoms with E-state index in [1.807, 2.05) is 53.1 Å². The number of hydrogen-bond donors (Lipinski definition) is 1. The van der Waals surface area contributed by atoms with Crippen molar-refractivity contribution in [3.05, 3.63) is 16.3 Å². The number of thiophene rings is 1. The van der Waals surface area contributed by atoms with Gasteiger partial charge in [0.2, 0.25) is 0 Å². The monoisotopic (exact) mass is 229 g/mol. The smallest absolute Gasteiger partial charge is 0.172 e. The number of anilines is 1. The second-order valence-corrected chi connectivity index (χ2v) is 3.14. The third-order valence-corrected chi connectivity index (χ3v) is 2.46. The van der Waals surface area contributed by atoms with Gasteiger partial charge in [-0.2, -0.15) is 0 Å². The molecular weight excluding hydrogens is 206 g/mol. The molecular formula is C12H23NOS. The van der Waals surface area contributed by atoms with E-state index < -0.39 is 0 Å². The van der Waals surface area contributed by atoms with Gasteiger partial charge >= 0.3 is 0 Å². The predicted octanol–water partition coefficient (Wildman–Crippen LogP) is 4.43. The second kappa shape index (κ2) is 11.2. The first-order valence-corrected chi connectivity index (χ1v) is 6.45. The van der Waals surface area contributed by atoms with Crippen molar-refractivity contribution in [3.8, 4) is 0 Å². The Bertz CT molecular complexity index is 256. The van der Waals surface area contributed by atoms with Gasteiger partial charge in [0.05, 0.1) is 4.88 Å². The van der Waals surface area contributed by atoms with E-state index in [0.717, 1.165) is 10.6 Å². The molecule has 1 aromatic heterocycles. The Morgan fingerprint density at radius 2 is 1.87 bits per heavy atom. The second-order valence-electron chi connectivity index (χ2n) is 2.23. The quantitative estimate of drug-likeness (QED) is 0.777. The van der Waals surface area contributed by atoms with Gasteiger partial charge in [-0.05, 0) is 6.07 Å². The zero-order valence-electron chi connectivity index (χ0n) is 10.7. The first-order chi connectivity index (χ1) is 7.27. The van der Waals surface area contributed by atoms with E-state index >= 15 is 0 Å². The normalized spacial score (nSPS) is 7.87. The molecule has 15 heavy (non-hydrogen) atoms. The lowest BCUT2D eigenvalue weighted by Gasteiger charge is -1.90. The molecule has 0 aromatic carbocycles. The summed E-state index contributed by atoms with van der Waals surface area (Å²) >= 11 is 1.49. The van der Waals surface area contributed by atoms with E-state index in [1.54, 1.807) is 0 Å². The summed E-state index contributed by atoms with van der Waals surface area (Å²) in [6.07, 6.45) is 0.587. The van der Waals surface area contributed by atoms with Gasteiger partial charge in [0.15, 0.2) is 5.78 Å². The molecule has 0 spiro atoms. The van der Waals surface area contributed by atoms with E-state index in [4.69, 9.17) is 0 Å². The van der Waals surface area contributed by atoms with E-state index in [9.17, 15) is 4.79 Å². The summed E-state index contributed by atoms with van der Waals surface area (Å²) in [5, 5.41) is 4.93. The Balaban J connectivity index is 0. The number of Topliss-reactive ketones (excluding diaryl/α,β-unsaturated/α-hetero) is 1. The van der Waals surface area contributed by atoms with Crippen molar-refractivity contribution < 1.29 is 4.79 Å². The SMILES string of the molecule is CC.CC.CCC(=O)c1cc(NC)cs1. The summed E-state index contributed by atoms with van der Waals surface area (Å²) in [5.41, 5.74) is 1.02. The van der Waals surface area contributed by atoms with Crippen LogP contribution in [0.2, 0.25) is 0 Å². The average molecular weight is 229 g/mol. The summed E-state index contributed by atoms with van der Waals surface area (Å²) in [6.45, 7) is 9.88. The van der Waals surface area contributed by atoms with E-state index in [1.165, 1.54) is 11.3 Å². The molecule has 1 N–H and O–H groups in total. The highest BCUT2D eigenvalue weighted by molar-refractivity contribution is 7.12. The van der Waals surface area contributed by atoms with Gasteiger partial charge in [-0.1, -0.05) is 34.6 Å². The molecule has 3 heteroatoms. The third-order valence-electron chi connectivity index (χ3n) is 1.48. The fraction of sp³-hybridized carbons (Fsp3) is 0.583. The standard InChI is InChI=1S/C8H11NOS.2C2H6/c1-3-7(10)8-4-6(9-2)5-11-8;2*1-2/h4-5,9H,3H2,1-2H3;2*1-2H3. The van der Waals surface area contributed by atoms with Crippen molar-refractivity contribution in [3.63, 3.8) is 0 Å². The van der Waals surface area contributed by atoms with Crippen LogP contribution >= 0.6 is 11.3 Å². The Hall–Kier alpha value is -0.830. The molecule has 0 saturated carbocycles. The highest BCUT2D eigenvalue weighted by atomic mass is 32.1. The predicted molar refractivity (Wildman–Crippen MR) is 71.2 cm³/mol. The Morgan fingerprint density at radius 3 is 2.20 bits per heavy atom. The molecule has 1 aromatic rings. The number of carbonyl (C=O) groups excluding carboxylic acids is 1. The van der Waals surface area contributed by atoms with Crippen LogP contribution in [-0.4, -0.2) is 12.8 Å². The Kier molecular flexibility index (Phi) is 12.4. The fourth-order valence-corrected chi connectivity index (χ4v) is 1.70. The molecule has 0 bridgehead atoms. The van der Waals surface area contributed by atoms with Crippen LogP contribution in [0.25, 0.3) is 0 Å². The lowest BCUT2D eigenvalue weighted by Crippen LogP contribution is -1.91. The number of rotatable bonds is 3. The van der Waals surface area contributed by atoms with Crippen LogP contribution in [0.4, 0.5) is 5.69 Å². The molecule has 2 nitrogen and oxygen atoms in total. The van der Waals surface area contributed by atoms with Crippen molar-refractivity contribution in [2.24, 2.45) is 0 Å². The van der Waals surface area contributed by atoms with Crippen LogP contribution in [0.3, 0.4) is 0 Å². The highest BCUT2D eigenvalue weighted by Gasteiger charge is 2.04. The molecule has 0 radical (unpaired) electrons. The Labute approximate surface area is 97.7 Å². The number of ketones is 1. The first-order valence-electron chi connectivity index (χ1n) is 5.57. The van der Waals surface area contributed by atoms with E-state index in [0.29, 0.717) is 6.42 Å². The lowest BCUT2D eigenvalue weighted by atomic mass is 10.2. The van der Waals surface area contributed by atoms with Crippen LogP contribution in [0.15, 0.2) is 11.4 Å². The van der Waals surface area contributed by atoms with Crippen molar-refractivity contribution >= 4 is 22.8 Å². The molecule has 0 saturated heterocycles. The summed E-state index contributed by atoms with van der Waals surface area (Å²) in [4.78, 5) is 12.0. The highest BCUT2D eigenvalue weighted by Crippen LogP contribution is 2.19. The van der Waals surface area contributed by atoms with Crippen LogP contribution in [0.5, 0.6) is 0 Å².